The topological polar surface area (TPSA) is 116 Å². The van der Waals surface area contributed by atoms with Gasteiger partial charge in [0.1, 0.15) is 23.0 Å². The van der Waals surface area contributed by atoms with Crippen molar-refractivity contribution in [2.75, 3.05) is 67.6 Å². The van der Waals surface area contributed by atoms with Crippen molar-refractivity contribution in [2.24, 2.45) is 12.5 Å². The molecule has 0 aliphatic carbocycles. The van der Waals surface area contributed by atoms with Gasteiger partial charge in [0.05, 0.1) is 36.7 Å². The number of hydrogen-bond acceptors (Lipinski definition) is 10. The first-order chi connectivity index (χ1) is 24.5. The maximum Gasteiger partial charge on any atom is 0.275 e. The maximum absolute atomic E-state index is 14.0. The fraction of sp³-hybridized carbons (Fsp3) is 0.462. The normalized spacial score (nSPS) is 22.4. The second-order valence-corrected chi connectivity index (χ2v) is 15.0. The molecule has 0 bridgehead atoms. The van der Waals surface area contributed by atoms with Crippen molar-refractivity contribution >= 4 is 35.2 Å². The molecular weight excluding hydrogens is 644 g/mol. The van der Waals surface area contributed by atoms with Gasteiger partial charge in [0.15, 0.2) is 6.29 Å². The first-order valence-corrected chi connectivity index (χ1v) is 18.0. The minimum Gasteiger partial charge on any atom is -0.378 e. The molecule has 0 aromatic carbocycles. The van der Waals surface area contributed by atoms with E-state index in [1.807, 2.05) is 24.4 Å². The Morgan fingerprint density at radius 2 is 1.90 bits per heavy atom. The van der Waals surface area contributed by atoms with E-state index in [0.29, 0.717) is 59.3 Å². The van der Waals surface area contributed by atoms with Crippen molar-refractivity contribution in [3.8, 4) is 11.1 Å². The van der Waals surface area contributed by atoms with E-state index in [-0.39, 0.29) is 22.4 Å². The first kappa shape index (κ1) is 34.6. The summed E-state index contributed by atoms with van der Waals surface area (Å²) in [7, 11) is 1.68. The number of aryl methyl sites for hydroxylation is 1. The van der Waals surface area contributed by atoms with Crippen molar-refractivity contribution in [3.63, 3.8) is 0 Å². The zero-order valence-electron chi connectivity index (χ0n) is 30.1. The molecule has 0 unspecified atom stereocenters. The highest BCUT2D eigenvalue weighted by molar-refractivity contribution is 6.09. The van der Waals surface area contributed by atoms with E-state index in [1.165, 1.54) is 4.57 Å². The van der Waals surface area contributed by atoms with Crippen molar-refractivity contribution in [3.05, 3.63) is 82.7 Å². The molecule has 7 rings (SSSR count). The van der Waals surface area contributed by atoms with Crippen LogP contribution in [0.2, 0.25) is 0 Å². The van der Waals surface area contributed by atoms with Crippen LogP contribution in [-0.4, -0.2) is 101 Å². The lowest BCUT2D eigenvalue weighted by Gasteiger charge is -2.47. The van der Waals surface area contributed by atoms with Crippen molar-refractivity contribution < 1.29 is 14.3 Å². The van der Waals surface area contributed by atoms with Crippen LogP contribution in [0.5, 0.6) is 0 Å². The minimum atomic E-state index is -0.236. The van der Waals surface area contributed by atoms with Gasteiger partial charge in [-0.15, -0.1) is 0 Å². The van der Waals surface area contributed by atoms with Crippen molar-refractivity contribution in [1.82, 2.24) is 24.3 Å². The van der Waals surface area contributed by atoms with Crippen LogP contribution in [0.25, 0.3) is 11.1 Å². The van der Waals surface area contributed by atoms with Gasteiger partial charge in [0.2, 0.25) is 0 Å². The predicted molar refractivity (Wildman–Crippen MR) is 200 cm³/mol. The largest absolute Gasteiger partial charge is 0.378 e. The fourth-order valence-corrected chi connectivity index (χ4v) is 7.78. The fourth-order valence-electron chi connectivity index (χ4n) is 7.78. The third-order valence-electron chi connectivity index (χ3n) is 10.8. The Bertz CT molecular complexity index is 1910. The smallest absolute Gasteiger partial charge is 0.275 e. The molecule has 12 heteroatoms. The number of anilines is 4. The minimum absolute atomic E-state index is 0.0997. The molecule has 0 spiro atoms. The van der Waals surface area contributed by atoms with Crippen molar-refractivity contribution in [1.29, 1.82) is 0 Å². The van der Waals surface area contributed by atoms with E-state index < -0.39 is 0 Å². The Balaban J connectivity index is 1.13. The van der Waals surface area contributed by atoms with Crippen LogP contribution < -0.4 is 20.7 Å². The summed E-state index contributed by atoms with van der Waals surface area (Å²) in [6.07, 6.45) is 10.6. The first-order valence-electron chi connectivity index (χ1n) is 18.0. The number of nitrogens with one attached hydrogen (secondary N) is 1. The lowest BCUT2D eigenvalue weighted by atomic mass is 9.81. The van der Waals surface area contributed by atoms with Gasteiger partial charge in [-0.3, -0.25) is 24.2 Å². The van der Waals surface area contributed by atoms with E-state index in [9.17, 15) is 14.4 Å². The van der Waals surface area contributed by atoms with Crippen LogP contribution in [0, 0.1) is 5.41 Å². The molecule has 1 N–H and O–H groups in total. The third-order valence-corrected chi connectivity index (χ3v) is 10.8. The van der Waals surface area contributed by atoms with Crippen LogP contribution in [0.1, 0.15) is 50.4 Å². The summed E-state index contributed by atoms with van der Waals surface area (Å²) in [5.41, 5.74) is 4.21. The highest BCUT2D eigenvalue weighted by atomic mass is 16.5. The van der Waals surface area contributed by atoms with Crippen LogP contribution in [0.3, 0.4) is 0 Å². The number of allylic oxidation sites excluding steroid dienone is 2. The second-order valence-electron chi connectivity index (χ2n) is 15.0. The quantitative estimate of drug-likeness (QED) is 0.336. The summed E-state index contributed by atoms with van der Waals surface area (Å²) < 4.78 is 6.90. The van der Waals surface area contributed by atoms with E-state index in [4.69, 9.17) is 4.74 Å². The molecule has 51 heavy (non-hydrogen) atoms. The van der Waals surface area contributed by atoms with Crippen LogP contribution >= 0.6 is 0 Å². The Kier molecular flexibility index (Phi) is 9.56. The molecule has 4 aliphatic rings. The number of nitrogens with zero attached hydrogens (tertiary/aromatic N) is 7. The third kappa shape index (κ3) is 6.94. The van der Waals surface area contributed by atoms with Gasteiger partial charge in [-0.2, -0.15) is 0 Å². The molecule has 3 aromatic rings. The second kappa shape index (κ2) is 14.1. The standard InChI is InChI=1S/C39H48N8O4/c1-6-28-22-45(30-24-51-25-30)14-15-46(28)29-7-8-35(41-20-29)42-33-18-27(21-43(5)37(33)49)31-9-11-40-36(32(31)23-48)47-16-13-44-12-10-39(3,4)19-26(2)17-34(44)38(47)50/h7-9,11,17-18,20-21,23,28,30H,2,6,10,12-16,19,22,24-25H2,1,3-5H3,(H,41,42)/b34-17-/t28-/m0/s1. The van der Waals surface area contributed by atoms with Gasteiger partial charge in [0, 0.05) is 70.3 Å². The van der Waals surface area contributed by atoms with Crippen LogP contribution in [0.15, 0.2) is 71.6 Å². The van der Waals surface area contributed by atoms with Crippen LogP contribution in [0.4, 0.5) is 23.0 Å². The SMILES string of the molecule is C=C1/C=C2/C(=O)N(c3nccc(-c4cc(Nc5ccc(N6CCN(C7COC7)C[C@@H]6CC)cn5)c(=O)n(C)c4)c3C=O)CCN2CCC(C)(C)C1. The van der Waals surface area contributed by atoms with E-state index in [1.54, 1.807) is 36.5 Å². The number of aromatic nitrogens is 3. The molecule has 12 nitrogen and oxygen atoms in total. The molecule has 7 heterocycles. The maximum atomic E-state index is 14.0. The van der Waals surface area contributed by atoms with Gasteiger partial charge in [-0.1, -0.05) is 32.9 Å². The average molecular weight is 693 g/mol. The predicted octanol–water partition coefficient (Wildman–Crippen LogP) is 4.61. The lowest BCUT2D eigenvalue weighted by molar-refractivity contribution is -0.118. The van der Waals surface area contributed by atoms with Crippen molar-refractivity contribution in [2.45, 2.75) is 52.1 Å². The molecule has 4 aliphatic heterocycles. The molecule has 268 valence electrons. The van der Waals surface area contributed by atoms with Gasteiger partial charge in [-0.25, -0.2) is 9.97 Å². The summed E-state index contributed by atoms with van der Waals surface area (Å²) in [4.78, 5) is 58.0. The molecule has 0 radical (unpaired) electrons. The number of hydrogen-bond donors (Lipinski definition) is 1. The van der Waals surface area contributed by atoms with Gasteiger partial charge < -0.3 is 24.4 Å². The summed E-state index contributed by atoms with van der Waals surface area (Å²) in [5.74, 6) is 0.638. The van der Waals surface area contributed by atoms with E-state index in [0.717, 1.165) is 76.2 Å². The number of ether oxygens (including phenoxy) is 1. The Hall–Kier alpha value is -4.81. The summed E-state index contributed by atoms with van der Waals surface area (Å²) in [6.45, 7) is 17.3. The van der Waals surface area contributed by atoms with Gasteiger partial charge >= 0.3 is 0 Å². The average Bonchev–Trinajstić information content (AvgIpc) is 3.09. The number of aldehydes is 1. The van der Waals surface area contributed by atoms with Gasteiger partial charge in [0.25, 0.3) is 11.5 Å². The highest BCUT2D eigenvalue weighted by Crippen LogP contribution is 2.36. The zero-order chi connectivity index (χ0) is 35.9. The summed E-state index contributed by atoms with van der Waals surface area (Å²) in [6, 6.07) is 8.33. The summed E-state index contributed by atoms with van der Waals surface area (Å²) in [5, 5.41) is 3.22. The van der Waals surface area contributed by atoms with E-state index >= 15 is 0 Å². The Morgan fingerprint density at radius 3 is 2.61 bits per heavy atom. The number of pyridine rings is 3. The number of amides is 1. The monoisotopic (exact) mass is 692 g/mol. The zero-order valence-corrected chi connectivity index (χ0v) is 30.1. The summed E-state index contributed by atoms with van der Waals surface area (Å²) >= 11 is 0. The Morgan fingerprint density at radius 1 is 1.08 bits per heavy atom. The lowest BCUT2D eigenvalue weighted by Crippen LogP contribution is -2.60. The number of rotatable bonds is 8. The number of carbonyl (C=O) groups is 2. The van der Waals surface area contributed by atoms with Gasteiger partial charge in [-0.05, 0) is 60.6 Å². The number of carbonyl (C=O) groups excluding carboxylic acids is 2. The molecular formula is C39H48N8O4. The van der Waals surface area contributed by atoms with E-state index in [2.05, 4.69) is 57.3 Å². The molecule has 1 atom stereocenters. The van der Waals surface area contributed by atoms with Crippen LogP contribution in [-0.2, 0) is 16.6 Å². The molecule has 3 saturated heterocycles. The molecule has 1 amide bonds. The molecule has 0 saturated carbocycles. The highest BCUT2D eigenvalue weighted by Gasteiger charge is 2.36. The number of piperazine rings is 2. The Labute approximate surface area is 299 Å². The molecule has 3 aromatic heterocycles. The molecule has 3 fully saturated rings. The number of fused-ring (bicyclic) bond motifs is 1.